The van der Waals surface area contributed by atoms with Crippen molar-refractivity contribution in [1.29, 1.82) is 0 Å². The van der Waals surface area contributed by atoms with Crippen LogP contribution >= 0.6 is 0 Å². The molecule has 0 atom stereocenters. The minimum absolute atomic E-state index is 0.0280. The van der Waals surface area contributed by atoms with E-state index < -0.39 is 17.6 Å². The summed E-state index contributed by atoms with van der Waals surface area (Å²) in [4.78, 5) is 31.9. The smallest absolute Gasteiger partial charge is 0.263 e. The van der Waals surface area contributed by atoms with Crippen LogP contribution in [0.2, 0.25) is 0 Å². The van der Waals surface area contributed by atoms with Crippen LogP contribution in [0.25, 0.3) is 0 Å². The predicted octanol–water partition coefficient (Wildman–Crippen LogP) is 3.67. The van der Waals surface area contributed by atoms with Gasteiger partial charge in [0.1, 0.15) is 5.82 Å². The van der Waals surface area contributed by atoms with Crippen molar-refractivity contribution in [2.24, 2.45) is 0 Å². The van der Waals surface area contributed by atoms with Crippen LogP contribution in [0.15, 0.2) is 54.6 Å². The molecule has 0 aliphatic carbocycles. The molecule has 0 aromatic heterocycles. The predicted molar refractivity (Wildman–Crippen MR) is 136 cm³/mol. The molecule has 9 heteroatoms. The number of phenols is 1. The molecular formula is C28H28FN3O5. The van der Waals surface area contributed by atoms with Crippen molar-refractivity contribution in [3.63, 3.8) is 0 Å². The Bertz CT molecular complexity index is 1330. The summed E-state index contributed by atoms with van der Waals surface area (Å²) in [5, 5.41) is 10.2. The van der Waals surface area contributed by atoms with Gasteiger partial charge in [-0.1, -0.05) is 24.3 Å². The summed E-state index contributed by atoms with van der Waals surface area (Å²) in [6, 6.07) is 15.1. The quantitative estimate of drug-likeness (QED) is 0.491. The fourth-order valence-electron chi connectivity index (χ4n) is 4.96. The fraction of sp³-hybridized carbons (Fsp3) is 0.286. The summed E-state index contributed by atoms with van der Waals surface area (Å²) < 4.78 is 24.7. The van der Waals surface area contributed by atoms with E-state index in [1.165, 1.54) is 20.3 Å². The van der Waals surface area contributed by atoms with Crippen molar-refractivity contribution < 1.29 is 28.6 Å². The molecule has 3 aromatic carbocycles. The highest BCUT2D eigenvalue weighted by molar-refractivity contribution is 6.23. The molecule has 2 aliphatic heterocycles. The molecule has 2 amide bonds. The molecule has 37 heavy (non-hydrogen) atoms. The van der Waals surface area contributed by atoms with Crippen molar-refractivity contribution in [1.82, 2.24) is 9.80 Å². The van der Waals surface area contributed by atoms with Gasteiger partial charge in [0, 0.05) is 38.3 Å². The van der Waals surface area contributed by atoms with Crippen LogP contribution in [0.1, 0.15) is 31.8 Å². The molecule has 192 valence electrons. The first-order chi connectivity index (χ1) is 17.9. The average molecular weight is 506 g/mol. The van der Waals surface area contributed by atoms with E-state index in [2.05, 4.69) is 9.80 Å². The van der Waals surface area contributed by atoms with Gasteiger partial charge in [0.25, 0.3) is 11.8 Å². The molecule has 8 nitrogen and oxygen atoms in total. The van der Waals surface area contributed by atoms with Crippen molar-refractivity contribution in [3.05, 3.63) is 82.7 Å². The zero-order chi connectivity index (χ0) is 26.1. The fourth-order valence-corrected chi connectivity index (χ4v) is 4.96. The summed E-state index contributed by atoms with van der Waals surface area (Å²) in [6.07, 6.45) is 0. The second kappa shape index (κ2) is 10.1. The van der Waals surface area contributed by atoms with Crippen LogP contribution in [-0.4, -0.2) is 67.1 Å². The number of nitrogens with zero attached hydrogens (tertiary/aromatic N) is 3. The third-order valence-electron chi connectivity index (χ3n) is 6.92. The van der Waals surface area contributed by atoms with Gasteiger partial charge in [-0.2, -0.15) is 0 Å². The third-order valence-corrected chi connectivity index (χ3v) is 6.92. The Kier molecular flexibility index (Phi) is 6.71. The van der Waals surface area contributed by atoms with Crippen LogP contribution in [0, 0.1) is 5.82 Å². The number of ether oxygens (including phenoxy) is 2. The number of hydrogen-bond donors (Lipinski definition) is 1. The molecule has 2 heterocycles. The maximum absolute atomic E-state index is 14.2. The van der Waals surface area contributed by atoms with Crippen molar-refractivity contribution in [2.75, 3.05) is 45.3 Å². The topological polar surface area (TPSA) is 82.6 Å². The number of methoxy groups -OCH3 is 2. The molecule has 0 unspecified atom stereocenters. The van der Waals surface area contributed by atoms with Crippen molar-refractivity contribution in [2.45, 2.75) is 13.1 Å². The van der Waals surface area contributed by atoms with E-state index in [0.717, 1.165) is 29.2 Å². The van der Waals surface area contributed by atoms with Gasteiger partial charge in [-0.05, 0) is 35.9 Å². The highest BCUT2D eigenvalue weighted by Crippen LogP contribution is 2.38. The zero-order valence-corrected chi connectivity index (χ0v) is 20.7. The number of fused-ring (bicyclic) bond motifs is 1. The Balaban J connectivity index is 1.30. The molecule has 5 rings (SSSR count). The molecule has 0 spiro atoms. The Morgan fingerprint density at radius 2 is 1.54 bits per heavy atom. The molecule has 1 fully saturated rings. The van der Waals surface area contributed by atoms with Crippen LogP contribution in [-0.2, 0) is 13.1 Å². The maximum atomic E-state index is 14.2. The van der Waals surface area contributed by atoms with Crippen molar-refractivity contribution >= 4 is 17.5 Å². The van der Waals surface area contributed by atoms with Gasteiger partial charge in [-0.25, -0.2) is 4.39 Å². The van der Waals surface area contributed by atoms with E-state index in [0.29, 0.717) is 47.8 Å². The molecule has 2 aliphatic rings. The number of imide groups is 1. The van der Waals surface area contributed by atoms with Crippen LogP contribution in [0.4, 0.5) is 10.1 Å². The summed E-state index contributed by atoms with van der Waals surface area (Å²) in [5.41, 5.74) is 2.70. The number of phenolic OH excluding ortho intramolecular Hbond substituents is 1. The minimum atomic E-state index is -0.445. The van der Waals surface area contributed by atoms with E-state index in [4.69, 9.17) is 9.47 Å². The van der Waals surface area contributed by atoms with Gasteiger partial charge in [-0.3, -0.25) is 19.4 Å². The molecule has 0 saturated carbocycles. The normalized spacial score (nSPS) is 15.8. The van der Waals surface area contributed by atoms with Gasteiger partial charge in [0.2, 0.25) is 5.75 Å². The number of anilines is 1. The number of piperazine rings is 1. The van der Waals surface area contributed by atoms with Gasteiger partial charge in [-0.15, -0.1) is 0 Å². The molecule has 3 aromatic rings. The number of hydrogen-bond acceptors (Lipinski definition) is 7. The number of rotatable bonds is 7. The summed E-state index contributed by atoms with van der Waals surface area (Å²) in [7, 11) is 3.00. The summed E-state index contributed by atoms with van der Waals surface area (Å²) in [5.74, 6) is -0.561. The van der Waals surface area contributed by atoms with Gasteiger partial charge in [0.15, 0.2) is 11.5 Å². The van der Waals surface area contributed by atoms with Crippen molar-refractivity contribution in [3.8, 4) is 17.2 Å². The molecule has 1 saturated heterocycles. The van der Waals surface area contributed by atoms with E-state index in [1.54, 1.807) is 42.5 Å². The monoisotopic (exact) mass is 505 g/mol. The lowest BCUT2D eigenvalue weighted by atomic mass is 10.1. The van der Waals surface area contributed by atoms with Gasteiger partial charge in [0.05, 0.1) is 37.6 Å². The van der Waals surface area contributed by atoms with Crippen LogP contribution in [0.3, 0.4) is 0 Å². The Labute approximate surface area is 214 Å². The lowest BCUT2D eigenvalue weighted by molar-refractivity contribution is 0.0641. The standard InChI is InChI=1S/C28H28FN3O5/c1-36-23-14-18(15-24(37-2)26(23)33)16-30-10-12-31(13-11-30)22-9-5-7-20-25(22)28(35)32(27(20)34)17-19-6-3-4-8-21(19)29/h3-9,14-15,33H,10-13,16-17H2,1-2H3. The third kappa shape index (κ3) is 4.58. The second-order valence-corrected chi connectivity index (χ2v) is 9.10. The van der Waals surface area contributed by atoms with E-state index in [-0.39, 0.29) is 12.3 Å². The molecular weight excluding hydrogens is 477 g/mol. The summed E-state index contributed by atoms with van der Waals surface area (Å²) in [6.45, 7) is 3.33. The van der Waals surface area contributed by atoms with Crippen LogP contribution < -0.4 is 14.4 Å². The lowest BCUT2D eigenvalue weighted by Crippen LogP contribution is -2.46. The summed E-state index contributed by atoms with van der Waals surface area (Å²) >= 11 is 0. The molecule has 0 radical (unpaired) electrons. The van der Waals surface area contributed by atoms with E-state index >= 15 is 0 Å². The number of benzene rings is 3. The second-order valence-electron chi connectivity index (χ2n) is 9.10. The number of aromatic hydroxyl groups is 1. The lowest BCUT2D eigenvalue weighted by Gasteiger charge is -2.36. The Morgan fingerprint density at radius 1 is 0.865 bits per heavy atom. The zero-order valence-electron chi connectivity index (χ0n) is 20.7. The van der Waals surface area contributed by atoms with E-state index in [1.807, 2.05) is 6.07 Å². The Hall–Kier alpha value is -4.11. The Morgan fingerprint density at radius 3 is 2.19 bits per heavy atom. The highest BCUT2D eigenvalue weighted by Gasteiger charge is 2.39. The SMILES string of the molecule is COc1cc(CN2CCN(c3cccc4c3C(=O)N(Cc3ccccc3F)C4=O)CC2)cc(OC)c1O. The number of carbonyl (C=O) groups excluding carboxylic acids is 2. The van der Waals surface area contributed by atoms with Gasteiger partial charge < -0.3 is 19.5 Å². The van der Waals surface area contributed by atoms with E-state index in [9.17, 15) is 19.1 Å². The first-order valence-corrected chi connectivity index (χ1v) is 12.0. The maximum Gasteiger partial charge on any atom is 0.263 e. The highest BCUT2D eigenvalue weighted by atomic mass is 19.1. The molecule has 1 N–H and O–H groups in total. The number of carbonyl (C=O) groups is 2. The molecule has 0 bridgehead atoms. The number of halogens is 1. The first-order valence-electron chi connectivity index (χ1n) is 12.0. The number of amides is 2. The largest absolute Gasteiger partial charge is 0.502 e. The minimum Gasteiger partial charge on any atom is -0.502 e. The van der Waals surface area contributed by atoms with Gasteiger partial charge >= 0.3 is 0 Å². The van der Waals surface area contributed by atoms with Crippen LogP contribution in [0.5, 0.6) is 17.2 Å². The average Bonchev–Trinajstić information content (AvgIpc) is 3.16. The first kappa shape index (κ1) is 24.6.